The van der Waals surface area contributed by atoms with Gasteiger partial charge in [0.1, 0.15) is 5.75 Å². The molecular weight excluding hydrogens is 402 g/mol. The van der Waals surface area contributed by atoms with Gasteiger partial charge in [-0.25, -0.2) is 13.1 Å². The molecule has 0 aromatic heterocycles. The van der Waals surface area contributed by atoms with Crippen LogP contribution in [0, 0.1) is 0 Å². The van der Waals surface area contributed by atoms with Crippen LogP contribution in [0.5, 0.6) is 5.75 Å². The molecule has 3 rings (SSSR count). The monoisotopic (exact) mass is 431 g/mol. The SMILES string of the molecule is CCNS(=O)(=O)C(NC(=O)c1ccccc1OC)C1(c2ccccc2)CCNCC1. The predicted octanol–water partition coefficient (Wildman–Crippen LogP) is 2.01. The molecule has 7 nitrogen and oxygen atoms in total. The van der Waals surface area contributed by atoms with Crippen molar-refractivity contribution in [2.75, 3.05) is 26.7 Å². The maximum atomic E-state index is 13.4. The Morgan fingerprint density at radius 3 is 2.37 bits per heavy atom. The first-order valence-electron chi connectivity index (χ1n) is 10.1. The highest BCUT2D eigenvalue weighted by atomic mass is 32.2. The minimum atomic E-state index is -3.85. The van der Waals surface area contributed by atoms with E-state index in [1.807, 2.05) is 30.3 Å². The van der Waals surface area contributed by atoms with Crippen LogP contribution in [0.2, 0.25) is 0 Å². The van der Waals surface area contributed by atoms with Crippen molar-refractivity contribution in [2.45, 2.75) is 30.6 Å². The summed E-state index contributed by atoms with van der Waals surface area (Å²) in [5.74, 6) is -0.0820. The average Bonchev–Trinajstić information content (AvgIpc) is 2.78. The number of hydrogen-bond donors (Lipinski definition) is 3. The number of ether oxygens (including phenoxy) is 1. The van der Waals surface area contributed by atoms with Crippen LogP contribution in [0.15, 0.2) is 54.6 Å². The van der Waals surface area contributed by atoms with Gasteiger partial charge in [0.05, 0.1) is 12.7 Å². The zero-order valence-corrected chi connectivity index (χ0v) is 18.2. The Kier molecular flexibility index (Phi) is 7.12. The Labute approximate surface area is 178 Å². The van der Waals surface area contributed by atoms with E-state index in [0.29, 0.717) is 37.2 Å². The van der Waals surface area contributed by atoms with Crippen LogP contribution in [0.1, 0.15) is 35.7 Å². The number of benzene rings is 2. The predicted molar refractivity (Wildman–Crippen MR) is 117 cm³/mol. The van der Waals surface area contributed by atoms with Crippen LogP contribution >= 0.6 is 0 Å². The number of methoxy groups -OCH3 is 1. The standard InChI is InChI=1S/C22H29N3O4S/c1-3-24-30(27,28)21(25-20(26)18-11-7-8-12-19(18)29-2)22(13-15-23-16-14-22)17-9-5-4-6-10-17/h4-12,21,23-24H,3,13-16H2,1-2H3,(H,25,26). The Balaban J connectivity index is 2.09. The average molecular weight is 432 g/mol. The van der Waals surface area contributed by atoms with Gasteiger partial charge >= 0.3 is 0 Å². The third-order valence-corrected chi connectivity index (χ3v) is 7.50. The number of para-hydroxylation sites is 1. The largest absolute Gasteiger partial charge is 0.496 e. The number of rotatable bonds is 8. The van der Waals surface area contributed by atoms with E-state index in [0.717, 1.165) is 5.56 Å². The van der Waals surface area contributed by atoms with Gasteiger partial charge in [0.2, 0.25) is 10.0 Å². The Hall–Kier alpha value is -2.42. The van der Waals surface area contributed by atoms with Gasteiger partial charge < -0.3 is 15.4 Å². The fourth-order valence-electron chi connectivity index (χ4n) is 4.17. The maximum Gasteiger partial charge on any atom is 0.256 e. The molecule has 3 N–H and O–H groups in total. The highest BCUT2D eigenvalue weighted by Crippen LogP contribution is 2.39. The lowest BCUT2D eigenvalue weighted by atomic mass is 9.72. The molecule has 1 heterocycles. The molecule has 0 bridgehead atoms. The summed E-state index contributed by atoms with van der Waals surface area (Å²) >= 11 is 0. The number of sulfonamides is 1. The minimum absolute atomic E-state index is 0.243. The molecule has 1 saturated heterocycles. The van der Waals surface area contributed by atoms with Crippen molar-refractivity contribution in [1.82, 2.24) is 15.4 Å². The summed E-state index contributed by atoms with van der Waals surface area (Å²) in [4.78, 5) is 13.2. The minimum Gasteiger partial charge on any atom is -0.496 e. The molecule has 2 aromatic rings. The van der Waals surface area contributed by atoms with Crippen LogP contribution in [-0.2, 0) is 15.4 Å². The molecule has 1 amide bonds. The highest BCUT2D eigenvalue weighted by molar-refractivity contribution is 7.90. The van der Waals surface area contributed by atoms with Crippen LogP contribution in [-0.4, -0.2) is 46.4 Å². The van der Waals surface area contributed by atoms with Crippen molar-refractivity contribution in [3.8, 4) is 5.75 Å². The van der Waals surface area contributed by atoms with Crippen molar-refractivity contribution in [2.24, 2.45) is 0 Å². The third-order valence-electron chi connectivity index (χ3n) is 5.62. The Morgan fingerprint density at radius 1 is 1.10 bits per heavy atom. The fraction of sp³-hybridized carbons (Fsp3) is 0.409. The fourth-order valence-corrected chi connectivity index (χ4v) is 5.97. The van der Waals surface area contributed by atoms with Gasteiger partial charge in [-0.2, -0.15) is 0 Å². The van der Waals surface area contributed by atoms with E-state index in [4.69, 9.17) is 4.74 Å². The first-order chi connectivity index (χ1) is 14.4. The van der Waals surface area contributed by atoms with Crippen LogP contribution < -0.4 is 20.1 Å². The second kappa shape index (κ2) is 9.59. The number of carbonyl (C=O) groups excluding carboxylic acids is 1. The lowest BCUT2D eigenvalue weighted by Gasteiger charge is -2.43. The van der Waals surface area contributed by atoms with E-state index in [9.17, 15) is 13.2 Å². The van der Waals surface area contributed by atoms with E-state index in [1.165, 1.54) is 7.11 Å². The topological polar surface area (TPSA) is 96.5 Å². The highest BCUT2D eigenvalue weighted by Gasteiger charge is 2.48. The summed E-state index contributed by atoms with van der Waals surface area (Å²) in [5.41, 5.74) is 0.442. The summed E-state index contributed by atoms with van der Waals surface area (Å²) in [5, 5.41) is 5.02. The lowest BCUT2D eigenvalue weighted by Crippen LogP contribution is -2.60. The van der Waals surface area contributed by atoms with E-state index in [1.54, 1.807) is 31.2 Å². The zero-order chi connectivity index (χ0) is 21.6. The Bertz CT molecular complexity index is 957. The van der Waals surface area contributed by atoms with Crippen molar-refractivity contribution >= 4 is 15.9 Å². The van der Waals surface area contributed by atoms with Gasteiger partial charge in [0, 0.05) is 12.0 Å². The quantitative estimate of drug-likeness (QED) is 0.594. The molecule has 0 aliphatic carbocycles. The van der Waals surface area contributed by atoms with Gasteiger partial charge in [-0.1, -0.05) is 49.4 Å². The molecule has 0 spiro atoms. The van der Waals surface area contributed by atoms with Gasteiger partial charge in [-0.3, -0.25) is 4.79 Å². The number of carbonyl (C=O) groups is 1. The molecule has 8 heteroatoms. The zero-order valence-electron chi connectivity index (χ0n) is 17.4. The molecule has 0 saturated carbocycles. The normalized spacial score (nSPS) is 17.1. The number of hydrogen-bond acceptors (Lipinski definition) is 5. The van der Waals surface area contributed by atoms with Crippen LogP contribution in [0.3, 0.4) is 0 Å². The first kappa shape index (κ1) is 22.3. The molecule has 2 aromatic carbocycles. The number of piperidine rings is 1. The first-order valence-corrected chi connectivity index (χ1v) is 11.7. The van der Waals surface area contributed by atoms with Gasteiger partial charge in [-0.15, -0.1) is 0 Å². The molecular formula is C22H29N3O4S. The smallest absolute Gasteiger partial charge is 0.256 e. The number of amides is 1. The van der Waals surface area contributed by atoms with E-state index >= 15 is 0 Å². The van der Waals surface area contributed by atoms with Crippen molar-refractivity contribution in [3.63, 3.8) is 0 Å². The van der Waals surface area contributed by atoms with Crippen molar-refractivity contribution in [1.29, 1.82) is 0 Å². The van der Waals surface area contributed by atoms with E-state index in [-0.39, 0.29) is 6.54 Å². The van der Waals surface area contributed by atoms with E-state index < -0.39 is 26.7 Å². The molecule has 0 radical (unpaired) electrons. The molecule has 30 heavy (non-hydrogen) atoms. The van der Waals surface area contributed by atoms with Crippen LogP contribution in [0.4, 0.5) is 0 Å². The third kappa shape index (κ3) is 4.50. The second-order valence-electron chi connectivity index (χ2n) is 7.37. The second-order valence-corrected chi connectivity index (χ2v) is 9.22. The van der Waals surface area contributed by atoms with Crippen LogP contribution in [0.25, 0.3) is 0 Å². The lowest BCUT2D eigenvalue weighted by molar-refractivity contribution is 0.0922. The van der Waals surface area contributed by atoms with Crippen molar-refractivity contribution in [3.05, 3.63) is 65.7 Å². The molecule has 1 atom stereocenters. The number of nitrogens with one attached hydrogen (secondary N) is 3. The summed E-state index contributed by atoms with van der Waals surface area (Å²) in [6.07, 6.45) is 1.16. The van der Waals surface area contributed by atoms with Gasteiger partial charge in [0.15, 0.2) is 5.37 Å². The summed E-state index contributed by atoms with van der Waals surface area (Å²) < 4.78 is 34.6. The van der Waals surface area contributed by atoms with E-state index in [2.05, 4.69) is 15.4 Å². The van der Waals surface area contributed by atoms with Crippen molar-refractivity contribution < 1.29 is 17.9 Å². The summed E-state index contributed by atoms with van der Waals surface area (Å²) in [6, 6.07) is 16.4. The molecule has 1 fully saturated rings. The molecule has 1 unspecified atom stereocenters. The molecule has 1 aliphatic heterocycles. The maximum absolute atomic E-state index is 13.4. The summed E-state index contributed by atoms with van der Waals surface area (Å²) in [7, 11) is -2.37. The van der Waals surface area contributed by atoms with Gasteiger partial charge in [0.25, 0.3) is 5.91 Å². The molecule has 1 aliphatic rings. The Morgan fingerprint density at radius 2 is 1.73 bits per heavy atom. The summed E-state index contributed by atoms with van der Waals surface area (Å²) in [6.45, 7) is 3.30. The van der Waals surface area contributed by atoms with Gasteiger partial charge in [-0.05, 0) is 43.6 Å². The molecule has 162 valence electrons.